The highest BCUT2D eigenvalue weighted by Crippen LogP contribution is 2.20. The third-order valence-corrected chi connectivity index (χ3v) is 3.49. The van der Waals surface area contributed by atoms with E-state index in [9.17, 15) is 9.18 Å². The predicted octanol–water partition coefficient (Wildman–Crippen LogP) is 2.54. The summed E-state index contributed by atoms with van der Waals surface area (Å²) in [6.07, 6.45) is 1.62. The zero-order chi connectivity index (χ0) is 16.2. The number of nitrogens with zero attached hydrogens (tertiary/aromatic N) is 2. The Morgan fingerprint density at radius 1 is 1.30 bits per heavy atom. The molecule has 3 rings (SSSR count). The molecule has 0 spiro atoms. The lowest BCUT2D eigenvalue weighted by Gasteiger charge is -2.06. The summed E-state index contributed by atoms with van der Waals surface area (Å²) in [5, 5.41) is 2.76. The highest BCUT2D eigenvalue weighted by atomic mass is 19.1. The Balaban J connectivity index is 1.90. The van der Waals surface area contributed by atoms with Crippen LogP contribution in [0.5, 0.6) is 0 Å². The molecule has 3 aromatic rings. The molecule has 0 saturated heterocycles. The first kappa shape index (κ1) is 15.2. The normalized spacial score (nSPS) is 10.9. The van der Waals surface area contributed by atoms with Crippen molar-refractivity contribution in [2.24, 2.45) is 0 Å². The fraction of sp³-hybridized carbons (Fsp3) is 0.176. The Hall–Kier alpha value is -2.73. The van der Waals surface area contributed by atoms with Gasteiger partial charge in [0.2, 0.25) is 0 Å². The number of hydrogen-bond acceptors (Lipinski definition) is 3. The maximum atomic E-state index is 13.4. The van der Waals surface area contributed by atoms with Crippen molar-refractivity contribution in [2.45, 2.75) is 0 Å². The van der Waals surface area contributed by atoms with E-state index in [-0.39, 0.29) is 11.7 Å². The van der Waals surface area contributed by atoms with Crippen LogP contribution in [0.25, 0.3) is 16.7 Å². The number of rotatable bonds is 5. The molecule has 0 saturated carbocycles. The Morgan fingerprint density at radius 2 is 2.17 bits per heavy atom. The van der Waals surface area contributed by atoms with E-state index in [0.717, 1.165) is 5.52 Å². The Kier molecular flexibility index (Phi) is 4.34. The van der Waals surface area contributed by atoms with Gasteiger partial charge in [0, 0.05) is 19.2 Å². The fourth-order valence-electron chi connectivity index (χ4n) is 2.35. The molecular formula is C17H16FN3O2. The molecule has 1 aromatic heterocycles. The topological polar surface area (TPSA) is 56.1 Å². The van der Waals surface area contributed by atoms with Crippen LogP contribution >= 0.6 is 0 Å². The van der Waals surface area contributed by atoms with Crippen LogP contribution in [0, 0.1) is 5.82 Å². The molecule has 0 aliphatic heterocycles. The summed E-state index contributed by atoms with van der Waals surface area (Å²) >= 11 is 0. The number of aromatic nitrogens is 2. The fourth-order valence-corrected chi connectivity index (χ4v) is 2.35. The molecular weight excluding hydrogens is 297 g/mol. The first-order valence-corrected chi connectivity index (χ1v) is 7.19. The van der Waals surface area contributed by atoms with Crippen LogP contribution < -0.4 is 5.32 Å². The monoisotopic (exact) mass is 313 g/mol. The van der Waals surface area contributed by atoms with E-state index in [2.05, 4.69) is 10.3 Å². The lowest BCUT2D eigenvalue weighted by molar-refractivity contribution is 0.0937. The van der Waals surface area contributed by atoms with Gasteiger partial charge in [-0.25, -0.2) is 9.37 Å². The molecule has 0 radical (unpaired) electrons. The van der Waals surface area contributed by atoms with Crippen molar-refractivity contribution < 1.29 is 13.9 Å². The Bertz CT molecular complexity index is 845. The van der Waals surface area contributed by atoms with Crippen LogP contribution in [0.3, 0.4) is 0 Å². The van der Waals surface area contributed by atoms with Crippen molar-refractivity contribution in [1.29, 1.82) is 0 Å². The molecule has 118 valence electrons. The van der Waals surface area contributed by atoms with Crippen LogP contribution in [0.15, 0.2) is 48.8 Å². The average Bonchev–Trinajstić information content (AvgIpc) is 2.98. The minimum absolute atomic E-state index is 0.177. The van der Waals surface area contributed by atoms with Crippen molar-refractivity contribution >= 4 is 16.9 Å². The standard InChI is InChI=1S/C17H16FN3O2/c1-23-8-7-19-17(22)12-5-6-16-15(9-12)20-11-21(16)14-4-2-3-13(18)10-14/h2-6,9-11H,7-8H2,1H3,(H,19,22). The number of halogens is 1. The molecule has 0 bridgehead atoms. The van der Waals surface area contributed by atoms with E-state index >= 15 is 0 Å². The number of benzene rings is 2. The lowest BCUT2D eigenvalue weighted by Crippen LogP contribution is -2.26. The van der Waals surface area contributed by atoms with Crippen LogP contribution in [0.2, 0.25) is 0 Å². The number of fused-ring (bicyclic) bond motifs is 1. The molecule has 1 amide bonds. The SMILES string of the molecule is COCCNC(=O)c1ccc2c(c1)ncn2-c1cccc(F)c1. The zero-order valence-electron chi connectivity index (χ0n) is 12.6. The van der Waals surface area contributed by atoms with Gasteiger partial charge in [0.15, 0.2) is 0 Å². The molecule has 0 atom stereocenters. The zero-order valence-corrected chi connectivity index (χ0v) is 12.6. The molecule has 0 aliphatic rings. The van der Waals surface area contributed by atoms with Gasteiger partial charge >= 0.3 is 0 Å². The van der Waals surface area contributed by atoms with E-state index in [1.807, 2.05) is 0 Å². The lowest BCUT2D eigenvalue weighted by atomic mass is 10.2. The first-order chi connectivity index (χ1) is 11.2. The van der Waals surface area contributed by atoms with Gasteiger partial charge in [-0.3, -0.25) is 9.36 Å². The van der Waals surface area contributed by atoms with Crippen LogP contribution in [-0.2, 0) is 4.74 Å². The second kappa shape index (κ2) is 6.58. The average molecular weight is 313 g/mol. The molecule has 0 fully saturated rings. The number of methoxy groups -OCH3 is 1. The third-order valence-electron chi connectivity index (χ3n) is 3.49. The van der Waals surface area contributed by atoms with E-state index in [1.54, 1.807) is 48.3 Å². The number of ether oxygens (including phenoxy) is 1. The second-order valence-electron chi connectivity index (χ2n) is 5.05. The second-order valence-corrected chi connectivity index (χ2v) is 5.05. The van der Waals surface area contributed by atoms with Crippen LogP contribution in [0.4, 0.5) is 4.39 Å². The quantitative estimate of drug-likeness (QED) is 0.737. The maximum Gasteiger partial charge on any atom is 0.251 e. The van der Waals surface area contributed by atoms with Gasteiger partial charge in [-0.1, -0.05) is 6.07 Å². The van der Waals surface area contributed by atoms with Crippen molar-refractivity contribution in [2.75, 3.05) is 20.3 Å². The van der Waals surface area contributed by atoms with Crippen molar-refractivity contribution in [3.63, 3.8) is 0 Å². The molecule has 5 nitrogen and oxygen atoms in total. The predicted molar refractivity (Wildman–Crippen MR) is 85.2 cm³/mol. The van der Waals surface area contributed by atoms with Gasteiger partial charge in [-0.05, 0) is 36.4 Å². The minimum atomic E-state index is -0.307. The summed E-state index contributed by atoms with van der Waals surface area (Å²) in [6, 6.07) is 11.5. The molecule has 2 aromatic carbocycles. The number of amides is 1. The summed E-state index contributed by atoms with van der Waals surface area (Å²) in [4.78, 5) is 16.3. The van der Waals surface area contributed by atoms with E-state index < -0.39 is 0 Å². The van der Waals surface area contributed by atoms with Crippen molar-refractivity contribution in [3.05, 3.63) is 60.2 Å². The number of carbonyl (C=O) groups excluding carboxylic acids is 1. The van der Waals surface area contributed by atoms with Crippen molar-refractivity contribution in [1.82, 2.24) is 14.9 Å². The van der Waals surface area contributed by atoms with E-state index in [0.29, 0.717) is 29.9 Å². The van der Waals surface area contributed by atoms with Gasteiger partial charge in [-0.2, -0.15) is 0 Å². The summed E-state index contributed by atoms with van der Waals surface area (Å²) in [6.45, 7) is 0.910. The largest absolute Gasteiger partial charge is 0.383 e. The Labute approximate surface area is 132 Å². The van der Waals surface area contributed by atoms with Crippen LogP contribution in [-0.4, -0.2) is 35.7 Å². The minimum Gasteiger partial charge on any atom is -0.383 e. The van der Waals surface area contributed by atoms with Crippen LogP contribution in [0.1, 0.15) is 10.4 Å². The number of imidazole rings is 1. The smallest absolute Gasteiger partial charge is 0.251 e. The van der Waals surface area contributed by atoms with Crippen molar-refractivity contribution in [3.8, 4) is 5.69 Å². The summed E-state index contributed by atoms with van der Waals surface area (Å²) in [7, 11) is 1.58. The van der Waals surface area contributed by atoms with Gasteiger partial charge in [0.1, 0.15) is 12.1 Å². The van der Waals surface area contributed by atoms with Gasteiger partial charge in [-0.15, -0.1) is 0 Å². The van der Waals surface area contributed by atoms with E-state index in [1.165, 1.54) is 12.1 Å². The van der Waals surface area contributed by atoms with Gasteiger partial charge < -0.3 is 10.1 Å². The summed E-state index contributed by atoms with van der Waals surface area (Å²) < 4.78 is 20.1. The highest BCUT2D eigenvalue weighted by Gasteiger charge is 2.10. The number of hydrogen-bond donors (Lipinski definition) is 1. The van der Waals surface area contributed by atoms with Gasteiger partial charge in [0.05, 0.1) is 23.3 Å². The molecule has 23 heavy (non-hydrogen) atoms. The molecule has 1 N–H and O–H groups in total. The molecule has 0 aliphatic carbocycles. The molecule has 1 heterocycles. The molecule has 0 unspecified atom stereocenters. The van der Waals surface area contributed by atoms with Gasteiger partial charge in [0.25, 0.3) is 5.91 Å². The third kappa shape index (κ3) is 3.22. The summed E-state index contributed by atoms with van der Waals surface area (Å²) in [5.41, 5.74) is 2.69. The summed E-state index contributed by atoms with van der Waals surface area (Å²) in [5.74, 6) is -0.484. The number of nitrogens with one attached hydrogen (secondary N) is 1. The maximum absolute atomic E-state index is 13.4. The Morgan fingerprint density at radius 3 is 2.96 bits per heavy atom. The highest BCUT2D eigenvalue weighted by molar-refractivity contribution is 5.97. The first-order valence-electron chi connectivity index (χ1n) is 7.19. The van der Waals surface area contributed by atoms with E-state index in [4.69, 9.17) is 4.74 Å². The number of carbonyl (C=O) groups is 1. The molecule has 6 heteroatoms.